The van der Waals surface area contributed by atoms with Gasteiger partial charge >= 0.3 is 5.97 Å². The van der Waals surface area contributed by atoms with E-state index >= 15 is 0 Å². The summed E-state index contributed by atoms with van der Waals surface area (Å²) in [5.41, 5.74) is 4.45. The third kappa shape index (κ3) is 1.43. The van der Waals surface area contributed by atoms with E-state index in [1.165, 1.54) is 34.5 Å². The maximum Gasteiger partial charge on any atom is 0.337 e. The molecule has 3 nitrogen and oxygen atoms in total. The molecule has 2 heterocycles. The molecule has 0 spiro atoms. The first-order chi connectivity index (χ1) is 9.79. The lowest BCUT2D eigenvalue weighted by atomic mass is 9.99. The standard InChI is InChI=1S/C17H15NO2/c1-20-17(19)12-9-11-5-4-8-18-15-7-3-2-6-13(15)14(10-12)16(11)18/h2-3,6-7,9-10H,4-5,8H2,1H3. The Morgan fingerprint density at radius 2 is 2.05 bits per heavy atom. The van der Waals surface area contributed by atoms with Crippen LogP contribution in [0.1, 0.15) is 22.3 Å². The average molecular weight is 265 g/mol. The van der Waals surface area contributed by atoms with Crippen LogP contribution in [0.3, 0.4) is 0 Å². The highest BCUT2D eigenvalue weighted by molar-refractivity contribution is 6.11. The predicted octanol–water partition coefficient (Wildman–Crippen LogP) is 3.53. The fourth-order valence-electron chi connectivity index (χ4n) is 3.36. The number of fused-ring (bicyclic) bond motifs is 3. The highest BCUT2D eigenvalue weighted by Crippen LogP contribution is 2.35. The van der Waals surface area contributed by atoms with Gasteiger partial charge in [-0.05, 0) is 36.6 Å². The molecule has 0 saturated carbocycles. The Labute approximate surface area is 116 Å². The van der Waals surface area contributed by atoms with Crippen molar-refractivity contribution in [2.24, 2.45) is 0 Å². The summed E-state index contributed by atoms with van der Waals surface area (Å²) in [4.78, 5) is 11.9. The Kier molecular flexibility index (Phi) is 2.36. The molecule has 1 aliphatic rings. The lowest BCUT2D eigenvalue weighted by Crippen LogP contribution is -2.09. The molecule has 0 fully saturated rings. The number of rotatable bonds is 1. The summed E-state index contributed by atoms with van der Waals surface area (Å²) in [5.74, 6) is -0.259. The van der Waals surface area contributed by atoms with E-state index in [4.69, 9.17) is 4.74 Å². The van der Waals surface area contributed by atoms with Crippen molar-refractivity contribution in [1.29, 1.82) is 0 Å². The topological polar surface area (TPSA) is 31.2 Å². The van der Waals surface area contributed by atoms with Gasteiger partial charge in [0, 0.05) is 22.8 Å². The van der Waals surface area contributed by atoms with E-state index in [1.54, 1.807) is 0 Å². The number of aryl methyl sites for hydroxylation is 2. The number of ether oxygens (including phenoxy) is 1. The molecule has 100 valence electrons. The molecule has 1 aromatic heterocycles. The van der Waals surface area contributed by atoms with Gasteiger partial charge in [0.05, 0.1) is 18.2 Å². The summed E-state index contributed by atoms with van der Waals surface area (Å²) in [6, 6.07) is 12.4. The minimum atomic E-state index is -0.259. The zero-order valence-corrected chi connectivity index (χ0v) is 11.3. The molecule has 0 N–H and O–H groups in total. The van der Waals surface area contributed by atoms with Gasteiger partial charge in [0.15, 0.2) is 0 Å². The highest BCUT2D eigenvalue weighted by Gasteiger charge is 2.20. The number of benzene rings is 2. The summed E-state index contributed by atoms with van der Waals surface area (Å²) in [6.45, 7) is 1.05. The molecular weight excluding hydrogens is 250 g/mol. The molecule has 0 radical (unpaired) electrons. The second-order valence-electron chi connectivity index (χ2n) is 5.30. The van der Waals surface area contributed by atoms with Crippen LogP contribution >= 0.6 is 0 Å². The lowest BCUT2D eigenvalue weighted by molar-refractivity contribution is 0.0601. The smallest absolute Gasteiger partial charge is 0.337 e. The van der Waals surface area contributed by atoms with Gasteiger partial charge in [-0.3, -0.25) is 0 Å². The molecule has 0 amide bonds. The molecule has 0 unspecified atom stereocenters. The lowest BCUT2D eigenvalue weighted by Gasteiger charge is -2.17. The first kappa shape index (κ1) is 11.5. The predicted molar refractivity (Wildman–Crippen MR) is 79.1 cm³/mol. The van der Waals surface area contributed by atoms with Crippen molar-refractivity contribution in [1.82, 2.24) is 4.57 Å². The summed E-state index contributed by atoms with van der Waals surface area (Å²) in [5, 5.41) is 2.38. The van der Waals surface area contributed by atoms with Gasteiger partial charge < -0.3 is 9.30 Å². The third-order valence-electron chi connectivity index (χ3n) is 4.19. The van der Waals surface area contributed by atoms with Crippen LogP contribution < -0.4 is 0 Å². The number of hydrogen-bond donors (Lipinski definition) is 0. The molecular formula is C17H15NO2. The van der Waals surface area contributed by atoms with E-state index in [-0.39, 0.29) is 5.97 Å². The second-order valence-corrected chi connectivity index (χ2v) is 5.30. The van der Waals surface area contributed by atoms with Crippen LogP contribution in [-0.2, 0) is 17.7 Å². The molecule has 0 saturated heterocycles. The first-order valence-electron chi connectivity index (χ1n) is 6.92. The normalized spacial score (nSPS) is 13.8. The number of carbonyl (C=O) groups is 1. The monoisotopic (exact) mass is 265 g/mol. The molecule has 3 aromatic rings. The molecule has 20 heavy (non-hydrogen) atoms. The summed E-state index contributed by atoms with van der Waals surface area (Å²) < 4.78 is 7.26. The quantitative estimate of drug-likeness (QED) is 0.630. The van der Waals surface area contributed by atoms with Crippen LogP contribution in [0.25, 0.3) is 21.8 Å². The van der Waals surface area contributed by atoms with Gasteiger partial charge in [-0.25, -0.2) is 4.79 Å². The van der Waals surface area contributed by atoms with Gasteiger partial charge in [0.1, 0.15) is 0 Å². The van der Waals surface area contributed by atoms with Gasteiger partial charge in [0.25, 0.3) is 0 Å². The van der Waals surface area contributed by atoms with Crippen LogP contribution in [0.4, 0.5) is 0 Å². The number of methoxy groups -OCH3 is 1. The van der Waals surface area contributed by atoms with Gasteiger partial charge in [-0.1, -0.05) is 18.2 Å². The van der Waals surface area contributed by atoms with Crippen LogP contribution in [0.15, 0.2) is 36.4 Å². The van der Waals surface area contributed by atoms with Crippen molar-refractivity contribution < 1.29 is 9.53 Å². The van der Waals surface area contributed by atoms with Gasteiger partial charge in [-0.15, -0.1) is 0 Å². The van der Waals surface area contributed by atoms with Gasteiger partial charge in [-0.2, -0.15) is 0 Å². The zero-order chi connectivity index (χ0) is 13.7. The van der Waals surface area contributed by atoms with E-state index in [0.29, 0.717) is 5.56 Å². The number of esters is 1. The minimum Gasteiger partial charge on any atom is -0.465 e. The Hall–Kier alpha value is -2.29. The molecule has 0 aliphatic carbocycles. The van der Waals surface area contributed by atoms with E-state index in [1.807, 2.05) is 12.1 Å². The Balaban J connectivity index is 2.17. The number of para-hydroxylation sites is 1. The average Bonchev–Trinajstić information content (AvgIpc) is 2.83. The van der Waals surface area contributed by atoms with E-state index in [9.17, 15) is 4.79 Å². The molecule has 4 rings (SSSR count). The fraction of sp³-hybridized carbons (Fsp3) is 0.235. The second kappa shape index (κ2) is 4.10. The Bertz CT molecular complexity index is 845. The van der Waals surface area contributed by atoms with Crippen LogP contribution in [0.2, 0.25) is 0 Å². The van der Waals surface area contributed by atoms with Crippen LogP contribution in [0.5, 0.6) is 0 Å². The van der Waals surface area contributed by atoms with E-state index < -0.39 is 0 Å². The minimum absolute atomic E-state index is 0.259. The summed E-state index contributed by atoms with van der Waals surface area (Å²) >= 11 is 0. The number of hydrogen-bond acceptors (Lipinski definition) is 2. The highest BCUT2D eigenvalue weighted by atomic mass is 16.5. The third-order valence-corrected chi connectivity index (χ3v) is 4.19. The Morgan fingerprint density at radius 3 is 2.90 bits per heavy atom. The van der Waals surface area contributed by atoms with Crippen molar-refractivity contribution in [3.05, 3.63) is 47.5 Å². The molecule has 3 heteroatoms. The van der Waals surface area contributed by atoms with E-state index in [2.05, 4.69) is 28.8 Å². The zero-order valence-electron chi connectivity index (χ0n) is 11.3. The fourth-order valence-corrected chi connectivity index (χ4v) is 3.36. The number of aromatic nitrogens is 1. The maximum atomic E-state index is 11.9. The Morgan fingerprint density at radius 1 is 1.20 bits per heavy atom. The van der Waals surface area contributed by atoms with Crippen molar-refractivity contribution in [2.45, 2.75) is 19.4 Å². The van der Waals surface area contributed by atoms with E-state index in [0.717, 1.165) is 19.4 Å². The maximum absolute atomic E-state index is 11.9. The molecule has 0 bridgehead atoms. The molecule has 1 aliphatic heterocycles. The van der Waals surface area contributed by atoms with Crippen molar-refractivity contribution in [3.8, 4) is 0 Å². The SMILES string of the molecule is COC(=O)c1cc2c3c(c1)c1ccccc1n3CCC2. The number of nitrogens with zero attached hydrogens (tertiary/aromatic N) is 1. The number of carbonyl (C=O) groups excluding carboxylic acids is 1. The van der Waals surface area contributed by atoms with Crippen molar-refractivity contribution in [3.63, 3.8) is 0 Å². The molecule has 0 atom stereocenters. The molecule has 2 aromatic carbocycles. The van der Waals surface area contributed by atoms with Gasteiger partial charge in [0.2, 0.25) is 0 Å². The van der Waals surface area contributed by atoms with Crippen molar-refractivity contribution >= 4 is 27.8 Å². The summed E-state index contributed by atoms with van der Waals surface area (Å²) in [6.07, 6.45) is 2.14. The largest absolute Gasteiger partial charge is 0.465 e. The van der Waals surface area contributed by atoms with Crippen LogP contribution in [-0.4, -0.2) is 17.6 Å². The summed E-state index contributed by atoms with van der Waals surface area (Å²) in [7, 11) is 1.43. The van der Waals surface area contributed by atoms with Crippen LogP contribution in [0, 0.1) is 0 Å². The van der Waals surface area contributed by atoms with Crippen molar-refractivity contribution in [2.75, 3.05) is 7.11 Å². The first-order valence-corrected chi connectivity index (χ1v) is 6.92.